The van der Waals surface area contributed by atoms with Crippen molar-refractivity contribution in [3.8, 4) is 0 Å². The van der Waals surface area contributed by atoms with E-state index in [-0.39, 0.29) is 57.5 Å². The van der Waals surface area contributed by atoms with Crippen molar-refractivity contribution in [3.05, 3.63) is 52.4 Å². The lowest BCUT2D eigenvalue weighted by atomic mass is 9.86. The maximum Gasteiger partial charge on any atom is 0.310 e. The number of hydrogen-bond acceptors (Lipinski definition) is 11. The minimum absolute atomic E-state index is 0.0194. The van der Waals surface area contributed by atoms with Crippen molar-refractivity contribution in [1.82, 2.24) is 24.5 Å². The van der Waals surface area contributed by atoms with Crippen LogP contribution in [-0.4, -0.2) is 83.6 Å². The van der Waals surface area contributed by atoms with Crippen molar-refractivity contribution in [1.29, 1.82) is 0 Å². The third-order valence-corrected chi connectivity index (χ3v) is 10.6. The van der Waals surface area contributed by atoms with Crippen molar-refractivity contribution in [2.75, 3.05) is 44.3 Å². The molecule has 15 heteroatoms. The molecule has 0 radical (unpaired) electrons. The number of ketones is 1. The second-order valence-corrected chi connectivity index (χ2v) is 13.6. The van der Waals surface area contributed by atoms with E-state index in [4.69, 9.17) is 27.8 Å². The number of amides is 1. The molecule has 236 valence electrons. The van der Waals surface area contributed by atoms with Gasteiger partial charge in [0.2, 0.25) is 15.8 Å². The predicted molar refractivity (Wildman–Crippen MR) is 163 cm³/mol. The van der Waals surface area contributed by atoms with Gasteiger partial charge in [-0.25, -0.2) is 18.4 Å². The molecule has 13 nitrogen and oxygen atoms in total. The molecular weight excluding hydrogens is 610 g/mol. The summed E-state index contributed by atoms with van der Waals surface area (Å²) in [6, 6.07) is 6.06. The monoisotopic (exact) mass is 645 g/mol. The quantitative estimate of drug-likeness (QED) is 0.228. The molecule has 44 heavy (non-hydrogen) atoms. The van der Waals surface area contributed by atoms with Crippen molar-refractivity contribution >= 4 is 50.9 Å². The molecule has 1 spiro atoms. The minimum atomic E-state index is -3.91. The van der Waals surface area contributed by atoms with Gasteiger partial charge in [-0.15, -0.1) is 0 Å². The molecule has 0 bridgehead atoms. The van der Waals surface area contributed by atoms with Gasteiger partial charge in [0.25, 0.3) is 5.91 Å². The molecule has 3 saturated heterocycles. The van der Waals surface area contributed by atoms with Gasteiger partial charge >= 0.3 is 5.97 Å². The standard InChI is InChI=1S/C29H36ClN7O6S/c1-2-43-28(40)19-6-4-12-37(17-19)44(41,42)21-7-3-5-18(15-21)27(39)36-13-10-29(11-14-36)9-8-20(35-29)16-22(38)23-25(31)34-26(32)24(30)33-23/h3,5,7,15-16,19,35H,2,4,6,8-14,17H2,1H3,(H4,31,32,34)/b20-16+. The van der Waals surface area contributed by atoms with Gasteiger partial charge < -0.3 is 26.4 Å². The summed E-state index contributed by atoms with van der Waals surface area (Å²) in [5.41, 5.74) is 12.1. The number of likely N-dealkylation sites (tertiary alicyclic amines) is 1. The van der Waals surface area contributed by atoms with E-state index in [9.17, 15) is 22.8 Å². The molecule has 0 saturated carbocycles. The van der Waals surface area contributed by atoms with Gasteiger partial charge in [0.05, 0.1) is 17.4 Å². The number of benzene rings is 1. The van der Waals surface area contributed by atoms with Crippen molar-refractivity contribution in [3.63, 3.8) is 0 Å². The molecule has 4 heterocycles. The Bertz CT molecular complexity index is 1610. The number of carbonyl (C=O) groups excluding carboxylic acids is 3. The molecule has 3 fully saturated rings. The number of nitrogens with zero attached hydrogens (tertiary/aromatic N) is 4. The van der Waals surface area contributed by atoms with Crippen LogP contribution in [0.2, 0.25) is 5.15 Å². The van der Waals surface area contributed by atoms with Gasteiger partial charge in [-0.05, 0) is 63.6 Å². The highest BCUT2D eigenvalue weighted by molar-refractivity contribution is 7.89. The zero-order valence-corrected chi connectivity index (χ0v) is 26.0. The van der Waals surface area contributed by atoms with Gasteiger partial charge in [-0.1, -0.05) is 17.7 Å². The molecule has 5 rings (SSSR count). The van der Waals surface area contributed by atoms with Crippen LogP contribution in [0.15, 0.2) is 40.9 Å². The van der Waals surface area contributed by atoms with Gasteiger partial charge in [-0.3, -0.25) is 14.4 Å². The number of nitrogen functional groups attached to an aromatic ring is 2. The number of rotatable bonds is 7. The van der Waals surface area contributed by atoms with Crippen LogP contribution in [0.3, 0.4) is 0 Å². The summed E-state index contributed by atoms with van der Waals surface area (Å²) < 4.78 is 33.3. The fourth-order valence-corrected chi connectivity index (χ4v) is 7.74. The van der Waals surface area contributed by atoms with Gasteiger partial charge in [0, 0.05) is 49.1 Å². The normalized spacial score (nSPS) is 21.3. The van der Waals surface area contributed by atoms with Crippen LogP contribution in [-0.2, 0) is 19.6 Å². The van der Waals surface area contributed by atoms with Crippen LogP contribution < -0.4 is 16.8 Å². The maximum atomic E-state index is 13.5. The lowest BCUT2D eigenvalue weighted by Crippen LogP contribution is -2.51. The van der Waals surface area contributed by atoms with Crippen molar-refractivity contribution < 1.29 is 27.5 Å². The third kappa shape index (κ3) is 6.52. The second kappa shape index (κ2) is 12.7. The first kappa shape index (κ1) is 31.7. The summed E-state index contributed by atoms with van der Waals surface area (Å²) in [7, 11) is -3.91. The molecule has 3 aliphatic heterocycles. The SMILES string of the molecule is CCOC(=O)C1CCCN(S(=O)(=O)c2cccc(C(=O)N3CCC4(CC/C(=C\C(=O)c5nc(Cl)c(N)nc5N)N4)CC3)c2)C1. The van der Waals surface area contributed by atoms with E-state index in [2.05, 4.69) is 15.3 Å². The van der Waals surface area contributed by atoms with E-state index in [0.717, 1.165) is 12.1 Å². The lowest BCUT2D eigenvalue weighted by Gasteiger charge is -2.39. The number of halogens is 1. The predicted octanol–water partition coefficient (Wildman–Crippen LogP) is 2.38. The molecule has 5 N–H and O–H groups in total. The Morgan fingerprint density at radius 2 is 1.89 bits per heavy atom. The summed E-state index contributed by atoms with van der Waals surface area (Å²) in [4.78, 5) is 48.1. The number of hydrogen-bond donors (Lipinski definition) is 3. The summed E-state index contributed by atoms with van der Waals surface area (Å²) in [5, 5.41) is 3.38. The van der Waals surface area contributed by atoms with Gasteiger partial charge in [-0.2, -0.15) is 4.31 Å². The molecule has 1 unspecified atom stereocenters. The fraction of sp³-hybridized carbons (Fsp3) is 0.483. The van der Waals surface area contributed by atoms with E-state index < -0.39 is 27.7 Å². The van der Waals surface area contributed by atoms with Crippen LogP contribution in [0.4, 0.5) is 11.6 Å². The zero-order valence-electron chi connectivity index (χ0n) is 24.4. The molecule has 0 aliphatic carbocycles. The first-order chi connectivity index (χ1) is 20.9. The molecular formula is C29H36ClN7O6S. The number of sulfonamides is 1. The summed E-state index contributed by atoms with van der Waals surface area (Å²) in [6.07, 6.45) is 5.30. The smallest absolute Gasteiger partial charge is 0.310 e. The zero-order chi connectivity index (χ0) is 31.6. The average Bonchev–Trinajstić information content (AvgIpc) is 3.40. The minimum Gasteiger partial charge on any atom is -0.466 e. The Morgan fingerprint density at radius 3 is 2.61 bits per heavy atom. The van der Waals surface area contributed by atoms with Crippen LogP contribution in [0.5, 0.6) is 0 Å². The molecule has 1 aromatic heterocycles. The molecule has 3 aliphatic rings. The number of allylic oxidation sites excluding steroid dienone is 2. The van der Waals surface area contributed by atoms with E-state index in [1.807, 2.05) is 0 Å². The number of ether oxygens (including phenoxy) is 1. The first-order valence-corrected chi connectivity index (χ1v) is 16.4. The van der Waals surface area contributed by atoms with Crippen LogP contribution in [0, 0.1) is 5.92 Å². The number of anilines is 2. The molecule has 1 atom stereocenters. The summed E-state index contributed by atoms with van der Waals surface area (Å²) in [5.74, 6) is -1.73. The lowest BCUT2D eigenvalue weighted by molar-refractivity contribution is -0.149. The van der Waals surface area contributed by atoms with Crippen LogP contribution >= 0.6 is 11.6 Å². The highest BCUT2D eigenvalue weighted by Crippen LogP contribution is 2.36. The Hall–Kier alpha value is -3.75. The molecule has 1 aromatic carbocycles. The van der Waals surface area contributed by atoms with E-state index >= 15 is 0 Å². The number of esters is 1. The largest absolute Gasteiger partial charge is 0.466 e. The van der Waals surface area contributed by atoms with E-state index in [1.54, 1.807) is 24.0 Å². The van der Waals surface area contributed by atoms with Crippen molar-refractivity contribution in [2.45, 2.75) is 55.9 Å². The highest BCUT2D eigenvalue weighted by atomic mass is 35.5. The maximum absolute atomic E-state index is 13.5. The fourth-order valence-electron chi connectivity index (χ4n) is 6.04. The second-order valence-electron chi connectivity index (χ2n) is 11.3. The average molecular weight is 646 g/mol. The van der Waals surface area contributed by atoms with Gasteiger partial charge in [0.1, 0.15) is 0 Å². The number of piperidine rings is 2. The topological polar surface area (TPSA) is 191 Å². The third-order valence-electron chi connectivity index (χ3n) is 8.47. The van der Waals surface area contributed by atoms with Gasteiger partial charge in [0.15, 0.2) is 22.5 Å². The molecule has 2 aromatic rings. The molecule has 1 amide bonds. The Morgan fingerprint density at radius 1 is 1.14 bits per heavy atom. The Balaban J connectivity index is 1.21. The number of nitrogens with two attached hydrogens (primary N) is 2. The Labute approximate surface area is 261 Å². The summed E-state index contributed by atoms with van der Waals surface area (Å²) in [6.45, 7) is 3.23. The van der Waals surface area contributed by atoms with Crippen LogP contribution in [0.1, 0.15) is 66.3 Å². The summed E-state index contributed by atoms with van der Waals surface area (Å²) >= 11 is 5.92. The van der Waals surface area contributed by atoms with Crippen LogP contribution in [0.25, 0.3) is 0 Å². The van der Waals surface area contributed by atoms with E-state index in [1.165, 1.54) is 22.5 Å². The Kier molecular flexibility index (Phi) is 9.14. The first-order valence-electron chi connectivity index (χ1n) is 14.6. The number of aromatic nitrogens is 2. The van der Waals surface area contributed by atoms with Crippen molar-refractivity contribution in [2.24, 2.45) is 5.92 Å². The number of nitrogens with one attached hydrogen (secondary N) is 1. The van der Waals surface area contributed by atoms with E-state index in [0.29, 0.717) is 51.7 Å². The highest BCUT2D eigenvalue weighted by Gasteiger charge is 2.40. The number of carbonyl (C=O) groups is 3.